The summed E-state index contributed by atoms with van der Waals surface area (Å²) in [4.78, 5) is 3.21. The van der Waals surface area contributed by atoms with Crippen molar-refractivity contribution in [3.63, 3.8) is 0 Å². The van der Waals surface area contributed by atoms with E-state index in [1.165, 1.54) is 11.8 Å². The molecule has 0 amide bonds. The quantitative estimate of drug-likeness (QED) is 0.313. The van der Waals surface area contributed by atoms with Crippen LogP contribution in [0.5, 0.6) is 0 Å². The molecule has 0 spiro atoms. The van der Waals surface area contributed by atoms with Gasteiger partial charge in [-0.25, -0.2) is 0 Å². The highest BCUT2D eigenvalue weighted by molar-refractivity contribution is 8.13. The SMILES string of the molecule is CSC(N)=NC#N.Cl. The van der Waals surface area contributed by atoms with Gasteiger partial charge in [0.15, 0.2) is 5.17 Å². The van der Waals surface area contributed by atoms with Crippen molar-refractivity contribution in [2.75, 3.05) is 6.26 Å². The molecule has 0 aromatic rings. The third kappa shape index (κ3) is 5.60. The third-order valence-electron chi connectivity index (χ3n) is 0.369. The van der Waals surface area contributed by atoms with Gasteiger partial charge in [0, 0.05) is 0 Å². The van der Waals surface area contributed by atoms with Crippen molar-refractivity contribution in [2.24, 2.45) is 10.7 Å². The fraction of sp³-hybridized carbons (Fsp3) is 0.333. The van der Waals surface area contributed by atoms with Crippen LogP contribution < -0.4 is 5.73 Å². The monoisotopic (exact) mass is 151 g/mol. The predicted octanol–water partition coefficient (Wildman–Crippen LogP) is 0.567. The lowest BCUT2D eigenvalue weighted by Gasteiger charge is -1.82. The number of hydrogen-bond acceptors (Lipinski definition) is 3. The van der Waals surface area contributed by atoms with E-state index in [-0.39, 0.29) is 12.4 Å². The Morgan fingerprint density at radius 2 is 2.38 bits per heavy atom. The lowest BCUT2D eigenvalue weighted by Crippen LogP contribution is -2.03. The molecule has 0 radical (unpaired) electrons. The first-order chi connectivity index (χ1) is 3.31. The average molecular weight is 152 g/mol. The highest BCUT2D eigenvalue weighted by atomic mass is 35.5. The molecular weight excluding hydrogens is 146 g/mol. The molecule has 5 heteroatoms. The van der Waals surface area contributed by atoms with Gasteiger partial charge in [0.2, 0.25) is 6.19 Å². The number of thioether (sulfide) groups is 1. The second kappa shape index (κ2) is 6.60. The van der Waals surface area contributed by atoms with Crippen LogP contribution in [0.15, 0.2) is 4.99 Å². The molecule has 2 N–H and O–H groups in total. The second-order valence-electron chi connectivity index (χ2n) is 0.754. The van der Waals surface area contributed by atoms with Gasteiger partial charge in [0.05, 0.1) is 0 Å². The van der Waals surface area contributed by atoms with Gasteiger partial charge in [-0.2, -0.15) is 5.26 Å². The van der Waals surface area contributed by atoms with Gasteiger partial charge >= 0.3 is 0 Å². The molecule has 0 rings (SSSR count). The zero-order valence-electron chi connectivity index (χ0n) is 4.29. The van der Waals surface area contributed by atoms with E-state index in [9.17, 15) is 0 Å². The van der Waals surface area contributed by atoms with Crippen LogP contribution in [0.1, 0.15) is 0 Å². The molecular formula is C3H6ClN3S. The first-order valence-corrected chi connectivity index (χ1v) is 2.80. The molecule has 8 heavy (non-hydrogen) atoms. The Morgan fingerprint density at radius 3 is 2.50 bits per heavy atom. The van der Waals surface area contributed by atoms with Crippen molar-refractivity contribution >= 4 is 29.3 Å². The molecule has 0 aliphatic carbocycles. The van der Waals surface area contributed by atoms with Crippen molar-refractivity contribution in [3.8, 4) is 6.19 Å². The minimum atomic E-state index is 0. The number of amidine groups is 1. The number of nitrogens with two attached hydrogens (primary N) is 1. The molecule has 0 saturated carbocycles. The Kier molecular flexibility index (Phi) is 8.71. The van der Waals surface area contributed by atoms with Crippen LogP contribution in [-0.4, -0.2) is 11.4 Å². The maximum Gasteiger partial charge on any atom is 0.208 e. The first-order valence-electron chi connectivity index (χ1n) is 1.57. The average Bonchev–Trinajstić information content (AvgIpc) is 1.68. The summed E-state index contributed by atoms with van der Waals surface area (Å²) >= 11 is 1.25. The molecule has 0 fully saturated rings. The fourth-order valence-corrected chi connectivity index (χ4v) is 0.227. The highest BCUT2D eigenvalue weighted by Crippen LogP contribution is 1.87. The molecule has 3 nitrogen and oxygen atoms in total. The van der Waals surface area contributed by atoms with Crippen molar-refractivity contribution in [3.05, 3.63) is 0 Å². The zero-order chi connectivity index (χ0) is 5.70. The van der Waals surface area contributed by atoms with Crippen molar-refractivity contribution in [1.82, 2.24) is 0 Å². The standard InChI is InChI=1S/C3H5N3S.ClH/c1-7-3(5)6-2-4;/h1H3,(H2,5,6);1H. The molecule has 0 unspecified atom stereocenters. The first kappa shape index (κ1) is 10.6. The van der Waals surface area contributed by atoms with E-state index in [0.717, 1.165) is 0 Å². The highest BCUT2D eigenvalue weighted by Gasteiger charge is 1.79. The Balaban J connectivity index is 0. The molecule has 0 aliphatic rings. The smallest absolute Gasteiger partial charge is 0.208 e. The van der Waals surface area contributed by atoms with E-state index in [4.69, 9.17) is 11.0 Å². The van der Waals surface area contributed by atoms with Gasteiger partial charge < -0.3 is 5.73 Å². The van der Waals surface area contributed by atoms with E-state index in [0.29, 0.717) is 5.17 Å². The van der Waals surface area contributed by atoms with Crippen LogP contribution in [-0.2, 0) is 0 Å². The molecule has 0 aromatic heterocycles. The summed E-state index contributed by atoms with van der Waals surface area (Å²) in [6, 6.07) is 0. The molecule has 0 aromatic carbocycles. The van der Waals surface area contributed by atoms with Crippen LogP contribution in [0.25, 0.3) is 0 Å². The second-order valence-corrected chi connectivity index (χ2v) is 1.58. The van der Waals surface area contributed by atoms with Crippen LogP contribution in [0.2, 0.25) is 0 Å². The van der Waals surface area contributed by atoms with E-state index >= 15 is 0 Å². The summed E-state index contributed by atoms with van der Waals surface area (Å²) in [5.74, 6) is 0. The minimum Gasteiger partial charge on any atom is -0.378 e. The van der Waals surface area contributed by atoms with Gasteiger partial charge in [-0.05, 0) is 6.26 Å². The van der Waals surface area contributed by atoms with Crippen molar-refractivity contribution < 1.29 is 0 Å². The maximum absolute atomic E-state index is 7.84. The lowest BCUT2D eigenvalue weighted by molar-refractivity contribution is 1.44. The lowest BCUT2D eigenvalue weighted by atomic mass is 11.2. The van der Waals surface area contributed by atoms with Gasteiger partial charge in [0.1, 0.15) is 0 Å². The zero-order valence-corrected chi connectivity index (χ0v) is 5.92. The molecule has 0 saturated heterocycles. The number of aliphatic imine (C=N–C) groups is 1. The number of nitrogens with zero attached hydrogens (tertiary/aromatic N) is 2. The Hall–Kier alpha value is -0.400. The molecule has 46 valence electrons. The van der Waals surface area contributed by atoms with Gasteiger partial charge in [-0.15, -0.1) is 17.4 Å². The van der Waals surface area contributed by atoms with Gasteiger partial charge in [0.25, 0.3) is 0 Å². The summed E-state index contributed by atoms with van der Waals surface area (Å²) in [5.41, 5.74) is 5.07. The summed E-state index contributed by atoms with van der Waals surface area (Å²) < 4.78 is 0. The predicted molar refractivity (Wildman–Crippen MR) is 38.0 cm³/mol. The largest absolute Gasteiger partial charge is 0.378 e. The van der Waals surface area contributed by atoms with Crippen molar-refractivity contribution in [2.45, 2.75) is 0 Å². The summed E-state index contributed by atoms with van der Waals surface area (Å²) in [5, 5.41) is 8.14. The summed E-state index contributed by atoms with van der Waals surface area (Å²) in [6.07, 6.45) is 3.32. The minimum absolute atomic E-state index is 0. The van der Waals surface area contributed by atoms with Crippen LogP contribution in [0, 0.1) is 11.5 Å². The fourth-order valence-electron chi connectivity index (χ4n) is 0.0949. The van der Waals surface area contributed by atoms with E-state index < -0.39 is 0 Å². The molecule has 0 heterocycles. The number of halogens is 1. The normalized spacial score (nSPS) is 9.25. The molecule has 0 atom stereocenters. The van der Waals surface area contributed by atoms with E-state index in [1.807, 2.05) is 0 Å². The van der Waals surface area contributed by atoms with Gasteiger partial charge in [-0.1, -0.05) is 11.8 Å². The number of rotatable bonds is 0. The topological polar surface area (TPSA) is 62.2 Å². The Morgan fingerprint density at radius 1 is 1.88 bits per heavy atom. The van der Waals surface area contributed by atoms with Crippen molar-refractivity contribution in [1.29, 1.82) is 5.26 Å². The van der Waals surface area contributed by atoms with E-state index in [2.05, 4.69) is 4.99 Å². The number of nitriles is 1. The molecule has 0 bridgehead atoms. The Labute approximate surface area is 58.4 Å². The van der Waals surface area contributed by atoms with E-state index in [1.54, 1.807) is 12.4 Å². The Bertz CT molecular complexity index is 116. The van der Waals surface area contributed by atoms with Crippen LogP contribution >= 0.6 is 24.2 Å². The summed E-state index contributed by atoms with van der Waals surface area (Å²) in [7, 11) is 0. The van der Waals surface area contributed by atoms with Crippen LogP contribution in [0.3, 0.4) is 0 Å². The third-order valence-corrected chi connectivity index (χ3v) is 0.879. The van der Waals surface area contributed by atoms with Gasteiger partial charge in [-0.3, -0.25) is 0 Å². The van der Waals surface area contributed by atoms with Crippen LogP contribution in [0.4, 0.5) is 0 Å². The molecule has 0 aliphatic heterocycles. The summed E-state index contributed by atoms with van der Waals surface area (Å²) in [6.45, 7) is 0. The maximum atomic E-state index is 7.84. The number of hydrogen-bond donors (Lipinski definition) is 1.